The van der Waals surface area contributed by atoms with E-state index in [1.807, 2.05) is 44.2 Å². The minimum atomic E-state index is -0.188. The summed E-state index contributed by atoms with van der Waals surface area (Å²) in [5.74, 6) is 0.463. The van der Waals surface area contributed by atoms with Crippen LogP contribution in [-0.4, -0.2) is 22.1 Å². The largest absolute Gasteiger partial charge is 0.365 e. The number of nitrogens with one attached hydrogen (secondary N) is 2. The van der Waals surface area contributed by atoms with Gasteiger partial charge in [-0.25, -0.2) is 0 Å². The van der Waals surface area contributed by atoms with Crippen molar-refractivity contribution in [2.24, 2.45) is 0 Å². The summed E-state index contributed by atoms with van der Waals surface area (Å²) in [6.07, 6.45) is 0.885. The highest BCUT2D eigenvalue weighted by Gasteiger charge is 2.10. The smallest absolute Gasteiger partial charge is 0.272 e. The van der Waals surface area contributed by atoms with Crippen molar-refractivity contribution < 1.29 is 4.79 Å². The molecule has 1 atom stereocenters. The van der Waals surface area contributed by atoms with E-state index in [9.17, 15) is 4.79 Å². The van der Waals surface area contributed by atoms with Crippen molar-refractivity contribution in [3.63, 3.8) is 0 Å². The Hall–Kier alpha value is -2.43. The number of amides is 1. The molecule has 1 unspecified atom stereocenters. The quantitative estimate of drug-likeness (QED) is 0.855. The van der Waals surface area contributed by atoms with E-state index in [1.165, 1.54) is 0 Å². The van der Waals surface area contributed by atoms with Gasteiger partial charge in [-0.2, -0.15) is 0 Å². The molecule has 0 radical (unpaired) electrons. The van der Waals surface area contributed by atoms with Gasteiger partial charge >= 0.3 is 0 Å². The lowest BCUT2D eigenvalue weighted by Crippen LogP contribution is -2.32. The van der Waals surface area contributed by atoms with Crippen molar-refractivity contribution in [2.45, 2.75) is 32.9 Å². The first kappa shape index (κ1) is 15.0. The van der Waals surface area contributed by atoms with Crippen molar-refractivity contribution in [3.05, 3.63) is 53.7 Å². The van der Waals surface area contributed by atoms with Crippen LogP contribution in [0, 0.1) is 0 Å². The van der Waals surface area contributed by atoms with Gasteiger partial charge in [0.15, 0.2) is 5.69 Å². The first-order valence-corrected chi connectivity index (χ1v) is 7.11. The fourth-order valence-electron chi connectivity index (χ4n) is 1.74. The molecule has 0 aliphatic heterocycles. The number of hydrogen-bond donors (Lipinski definition) is 2. The van der Waals surface area contributed by atoms with E-state index in [1.54, 1.807) is 12.1 Å². The molecule has 5 nitrogen and oxygen atoms in total. The predicted molar refractivity (Wildman–Crippen MR) is 83.0 cm³/mol. The zero-order chi connectivity index (χ0) is 15.1. The Labute approximate surface area is 124 Å². The first-order chi connectivity index (χ1) is 10.2. The van der Waals surface area contributed by atoms with Crippen molar-refractivity contribution in [1.29, 1.82) is 0 Å². The summed E-state index contributed by atoms with van der Waals surface area (Å²) in [4.78, 5) is 11.9. The van der Waals surface area contributed by atoms with E-state index in [0.29, 0.717) is 18.1 Å². The second-order valence-electron chi connectivity index (χ2n) is 4.93. The highest BCUT2D eigenvalue weighted by Crippen LogP contribution is 2.06. The number of nitrogens with zero attached hydrogens (tertiary/aromatic N) is 2. The van der Waals surface area contributed by atoms with E-state index in [4.69, 9.17) is 0 Å². The molecular weight excluding hydrogens is 264 g/mol. The van der Waals surface area contributed by atoms with Crippen LogP contribution in [0.1, 0.15) is 36.3 Å². The van der Waals surface area contributed by atoms with Gasteiger partial charge in [0.2, 0.25) is 0 Å². The van der Waals surface area contributed by atoms with Crippen LogP contribution in [0.15, 0.2) is 42.5 Å². The third-order valence-corrected chi connectivity index (χ3v) is 3.20. The second-order valence-corrected chi connectivity index (χ2v) is 4.93. The van der Waals surface area contributed by atoms with Gasteiger partial charge in [-0.15, -0.1) is 10.2 Å². The lowest BCUT2D eigenvalue weighted by Gasteiger charge is -2.10. The molecule has 110 valence electrons. The van der Waals surface area contributed by atoms with Crippen LogP contribution in [0.4, 0.5) is 5.82 Å². The summed E-state index contributed by atoms with van der Waals surface area (Å²) >= 11 is 0. The molecule has 1 aromatic heterocycles. The van der Waals surface area contributed by atoms with Gasteiger partial charge in [0.05, 0.1) is 0 Å². The fourth-order valence-corrected chi connectivity index (χ4v) is 1.74. The second kappa shape index (κ2) is 7.38. The molecule has 2 aromatic rings. The fraction of sp³-hybridized carbons (Fsp3) is 0.312. The molecule has 1 aromatic carbocycles. The summed E-state index contributed by atoms with van der Waals surface area (Å²) in [5, 5.41) is 14.0. The Morgan fingerprint density at radius 1 is 1.14 bits per heavy atom. The van der Waals surface area contributed by atoms with Crippen LogP contribution >= 0.6 is 0 Å². The van der Waals surface area contributed by atoms with E-state index in [2.05, 4.69) is 20.8 Å². The van der Waals surface area contributed by atoms with Gasteiger partial charge < -0.3 is 10.6 Å². The molecule has 0 fully saturated rings. The molecule has 0 spiro atoms. The maximum Gasteiger partial charge on any atom is 0.272 e. The molecule has 0 saturated carbocycles. The number of anilines is 1. The average molecular weight is 284 g/mol. The van der Waals surface area contributed by atoms with E-state index < -0.39 is 0 Å². The molecule has 0 aliphatic carbocycles. The van der Waals surface area contributed by atoms with Gasteiger partial charge in [0.25, 0.3) is 5.91 Å². The van der Waals surface area contributed by atoms with Crippen molar-refractivity contribution in [2.75, 3.05) is 5.32 Å². The number of aromatic nitrogens is 2. The van der Waals surface area contributed by atoms with E-state index >= 15 is 0 Å². The molecule has 1 heterocycles. The average Bonchev–Trinajstić information content (AvgIpc) is 2.54. The maximum atomic E-state index is 11.9. The Morgan fingerprint density at radius 2 is 1.90 bits per heavy atom. The lowest BCUT2D eigenvalue weighted by molar-refractivity contribution is 0.0933. The Bertz CT molecular complexity index is 569. The Morgan fingerprint density at radius 3 is 2.52 bits per heavy atom. The van der Waals surface area contributed by atoms with Crippen molar-refractivity contribution in [1.82, 2.24) is 15.5 Å². The minimum Gasteiger partial charge on any atom is -0.365 e. The van der Waals surface area contributed by atoms with Crippen LogP contribution in [0.5, 0.6) is 0 Å². The number of rotatable bonds is 6. The topological polar surface area (TPSA) is 66.9 Å². The molecule has 2 N–H and O–H groups in total. The van der Waals surface area contributed by atoms with Crippen LogP contribution in [0.3, 0.4) is 0 Å². The van der Waals surface area contributed by atoms with Crippen LogP contribution in [0.25, 0.3) is 0 Å². The zero-order valence-corrected chi connectivity index (χ0v) is 12.3. The molecule has 0 saturated heterocycles. The maximum absolute atomic E-state index is 11.9. The Balaban J connectivity index is 1.91. The summed E-state index contributed by atoms with van der Waals surface area (Å²) in [6.45, 7) is 4.66. The van der Waals surface area contributed by atoms with Crippen LogP contribution in [0.2, 0.25) is 0 Å². The van der Waals surface area contributed by atoms with Crippen molar-refractivity contribution >= 4 is 11.7 Å². The number of hydrogen-bond acceptors (Lipinski definition) is 4. The molecular formula is C16H20N4O. The van der Waals surface area contributed by atoms with E-state index in [-0.39, 0.29) is 11.9 Å². The normalized spacial score (nSPS) is 11.7. The number of benzene rings is 1. The molecule has 21 heavy (non-hydrogen) atoms. The summed E-state index contributed by atoms with van der Waals surface area (Å²) in [6, 6.07) is 13.6. The first-order valence-electron chi connectivity index (χ1n) is 7.11. The predicted octanol–water partition coefficient (Wildman–Crippen LogP) is 2.62. The molecule has 5 heteroatoms. The molecule has 2 rings (SSSR count). The molecule has 0 bridgehead atoms. The molecule has 0 aliphatic rings. The number of carbonyl (C=O) groups is 1. The van der Waals surface area contributed by atoms with Crippen molar-refractivity contribution in [3.8, 4) is 0 Å². The number of carbonyl (C=O) groups excluding carboxylic acids is 1. The zero-order valence-electron chi connectivity index (χ0n) is 12.3. The lowest BCUT2D eigenvalue weighted by atomic mass is 10.2. The SMILES string of the molecule is CCC(C)NC(=O)c1ccc(NCc2ccccc2)nn1. The summed E-state index contributed by atoms with van der Waals surface area (Å²) in [7, 11) is 0. The third-order valence-electron chi connectivity index (χ3n) is 3.20. The van der Waals surface area contributed by atoms with Gasteiger partial charge in [-0.1, -0.05) is 37.3 Å². The van der Waals surface area contributed by atoms with Crippen LogP contribution in [-0.2, 0) is 6.54 Å². The van der Waals surface area contributed by atoms with E-state index in [0.717, 1.165) is 12.0 Å². The van der Waals surface area contributed by atoms with Gasteiger partial charge in [0.1, 0.15) is 5.82 Å². The Kier molecular flexibility index (Phi) is 5.26. The van der Waals surface area contributed by atoms with Gasteiger partial charge in [-0.05, 0) is 31.0 Å². The molecule has 1 amide bonds. The highest BCUT2D eigenvalue weighted by molar-refractivity contribution is 5.92. The monoisotopic (exact) mass is 284 g/mol. The third kappa shape index (κ3) is 4.56. The standard InChI is InChI=1S/C16H20N4O/c1-3-12(2)18-16(21)14-9-10-15(20-19-14)17-11-13-7-5-4-6-8-13/h4-10,12H,3,11H2,1-2H3,(H,17,20)(H,18,21). The summed E-state index contributed by atoms with van der Waals surface area (Å²) in [5.41, 5.74) is 1.50. The van der Waals surface area contributed by atoms with Gasteiger partial charge in [-0.3, -0.25) is 4.79 Å². The van der Waals surface area contributed by atoms with Gasteiger partial charge in [0, 0.05) is 12.6 Å². The minimum absolute atomic E-state index is 0.134. The summed E-state index contributed by atoms with van der Waals surface area (Å²) < 4.78 is 0. The van der Waals surface area contributed by atoms with Crippen LogP contribution < -0.4 is 10.6 Å². The highest BCUT2D eigenvalue weighted by atomic mass is 16.2.